The number of rotatable bonds is 5. The number of methoxy groups -OCH3 is 1. The lowest BCUT2D eigenvalue weighted by Crippen LogP contribution is -2.29. The zero-order chi connectivity index (χ0) is 15.7. The number of benzene rings is 1. The van der Waals surface area contributed by atoms with Crippen LogP contribution in [0.2, 0.25) is 0 Å². The van der Waals surface area contributed by atoms with Crippen LogP contribution in [0.5, 0.6) is 5.75 Å². The normalized spacial score (nSPS) is 13.9. The molecule has 0 atom stereocenters. The molecule has 1 saturated carbocycles. The van der Waals surface area contributed by atoms with E-state index in [1.807, 2.05) is 0 Å². The summed E-state index contributed by atoms with van der Waals surface area (Å²) in [6.07, 6.45) is 2.12. The Bertz CT molecular complexity index is 761. The number of carboxylic acids is 1. The molecule has 1 N–H and O–H groups in total. The molecule has 0 aliphatic heterocycles. The Kier molecular flexibility index (Phi) is 3.66. The topological polar surface area (TPSA) is 81.4 Å². The summed E-state index contributed by atoms with van der Waals surface area (Å²) in [6, 6.07) is 8.45. The fourth-order valence-corrected chi connectivity index (χ4v) is 2.27. The molecule has 6 nitrogen and oxygen atoms in total. The molecule has 0 amide bonds. The summed E-state index contributed by atoms with van der Waals surface area (Å²) in [7, 11) is 1.58. The lowest BCUT2D eigenvalue weighted by molar-refractivity contribution is 0.0693. The monoisotopic (exact) mass is 300 g/mol. The summed E-state index contributed by atoms with van der Waals surface area (Å²) in [5, 5.41) is 13.6. The van der Waals surface area contributed by atoms with Gasteiger partial charge in [0.05, 0.1) is 12.8 Å². The zero-order valence-corrected chi connectivity index (χ0v) is 12.2. The van der Waals surface area contributed by atoms with Crippen LogP contribution in [0.3, 0.4) is 0 Å². The molecule has 1 heterocycles. The van der Waals surface area contributed by atoms with Crippen LogP contribution in [0.15, 0.2) is 35.1 Å². The first-order valence-corrected chi connectivity index (χ1v) is 7.08. The van der Waals surface area contributed by atoms with Gasteiger partial charge < -0.3 is 9.84 Å². The highest BCUT2D eigenvalue weighted by Crippen LogP contribution is 2.30. The smallest absolute Gasteiger partial charge is 0.341 e. The van der Waals surface area contributed by atoms with E-state index in [0.717, 1.165) is 18.4 Å². The van der Waals surface area contributed by atoms with Gasteiger partial charge in [0.25, 0.3) is 5.56 Å². The summed E-state index contributed by atoms with van der Waals surface area (Å²) < 4.78 is 6.38. The van der Waals surface area contributed by atoms with E-state index >= 15 is 0 Å². The highest BCUT2D eigenvalue weighted by Gasteiger charge is 2.24. The highest BCUT2D eigenvalue weighted by atomic mass is 16.5. The minimum absolute atomic E-state index is 0.249. The van der Waals surface area contributed by atoms with E-state index in [0.29, 0.717) is 23.9 Å². The van der Waals surface area contributed by atoms with Crippen LogP contribution < -0.4 is 10.3 Å². The number of nitrogens with zero attached hydrogens (tertiary/aromatic N) is 2. The number of ether oxygens (including phenoxy) is 1. The van der Waals surface area contributed by atoms with E-state index in [9.17, 15) is 14.7 Å². The highest BCUT2D eigenvalue weighted by molar-refractivity contribution is 5.88. The van der Waals surface area contributed by atoms with Crippen LogP contribution in [0, 0.1) is 5.92 Å². The molecule has 2 aromatic rings. The van der Waals surface area contributed by atoms with Crippen LogP contribution >= 0.6 is 0 Å². The van der Waals surface area contributed by atoms with Gasteiger partial charge in [-0.05, 0) is 49.1 Å². The van der Waals surface area contributed by atoms with Gasteiger partial charge in [-0.1, -0.05) is 0 Å². The second-order valence-corrected chi connectivity index (χ2v) is 5.41. The molecule has 114 valence electrons. The Morgan fingerprint density at radius 1 is 1.36 bits per heavy atom. The van der Waals surface area contributed by atoms with Gasteiger partial charge >= 0.3 is 5.97 Å². The van der Waals surface area contributed by atoms with Crippen LogP contribution in [-0.2, 0) is 6.54 Å². The van der Waals surface area contributed by atoms with E-state index in [1.165, 1.54) is 10.7 Å². The molecule has 6 heteroatoms. The number of hydrogen-bond donors (Lipinski definition) is 1. The van der Waals surface area contributed by atoms with Crippen molar-refractivity contribution in [3.63, 3.8) is 0 Å². The average Bonchev–Trinajstić information content (AvgIpc) is 3.33. The summed E-state index contributed by atoms with van der Waals surface area (Å²) in [4.78, 5) is 23.5. The maximum Gasteiger partial charge on any atom is 0.341 e. The summed E-state index contributed by atoms with van der Waals surface area (Å²) in [6.45, 7) is 0.475. The van der Waals surface area contributed by atoms with Gasteiger partial charge in [0.2, 0.25) is 0 Å². The Hall–Kier alpha value is -2.63. The van der Waals surface area contributed by atoms with Crippen molar-refractivity contribution in [1.82, 2.24) is 9.78 Å². The van der Waals surface area contributed by atoms with Crippen LogP contribution in [0.1, 0.15) is 23.2 Å². The maximum atomic E-state index is 12.2. The quantitative estimate of drug-likeness (QED) is 0.913. The molecule has 3 rings (SSSR count). The summed E-state index contributed by atoms with van der Waals surface area (Å²) >= 11 is 0. The van der Waals surface area contributed by atoms with Crippen LogP contribution in [-0.4, -0.2) is 28.0 Å². The maximum absolute atomic E-state index is 12.2. The van der Waals surface area contributed by atoms with Crippen molar-refractivity contribution < 1.29 is 14.6 Å². The van der Waals surface area contributed by atoms with Crippen molar-refractivity contribution in [2.45, 2.75) is 19.4 Å². The van der Waals surface area contributed by atoms with Gasteiger partial charge in [-0.15, -0.1) is 0 Å². The Morgan fingerprint density at radius 2 is 2.05 bits per heavy atom. The predicted octanol–water partition coefficient (Wildman–Crippen LogP) is 2.03. The van der Waals surface area contributed by atoms with Gasteiger partial charge in [0, 0.05) is 12.1 Å². The molecule has 1 aliphatic rings. The molecule has 0 saturated heterocycles. The number of carbonyl (C=O) groups is 1. The van der Waals surface area contributed by atoms with Gasteiger partial charge in [0.1, 0.15) is 11.3 Å². The first kappa shape index (κ1) is 14.3. The van der Waals surface area contributed by atoms with E-state index in [2.05, 4.69) is 5.10 Å². The van der Waals surface area contributed by atoms with Crippen LogP contribution in [0.25, 0.3) is 11.3 Å². The number of carboxylic acid groups (broad SMARTS) is 1. The zero-order valence-electron chi connectivity index (χ0n) is 12.2. The largest absolute Gasteiger partial charge is 0.497 e. The Balaban J connectivity index is 2.07. The van der Waals surface area contributed by atoms with Crippen molar-refractivity contribution in [2.75, 3.05) is 7.11 Å². The molecule has 0 bridgehead atoms. The summed E-state index contributed by atoms with van der Waals surface area (Å²) in [5.41, 5.74) is 0.422. The predicted molar refractivity (Wildman–Crippen MR) is 80.2 cm³/mol. The molecule has 0 radical (unpaired) electrons. The van der Waals surface area contributed by atoms with Crippen molar-refractivity contribution in [3.8, 4) is 17.0 Å². The Morgan fingerprint density at radius 3 is 2.59 bits per heavy atom. The standard InChI is InChI=1S/C16H16N2O4/c1-22-12-6-4-11(5-7-12)14-8-13(16(20)21)15(19)18(17-14)9-10-2-3-10/h4-8,10H,2-3,9H2,1H3,(H,20,21). The molecule has 0 unspecified atom stereocenters. The molecule has 0 spiro atoms. The minimum atomic E-state index is -1.23. The first-order chi connectivity index (χ1) is 10.6. The van der Waals surface area contributed by atoms with Crippen molar-refractivity contribution >= 4 is 5.97 Å². The lowest BCUT2D eigenvalue weighted by atomic mass is 10.1. The third kappa shape index (κ3) is 2.86. The molecule has 1 fully saturated rings. The van der Waals surface area contributed by atoms with E-state index in [1.54, 1.807) is 31.4 Å². The van der Waals surface area contributed by atoms with E-state index in [-0.39, 0.29) is 5.56 Å². The lowest BCUT2D eigenvalue weighted by Gasteiger charge is -2.09. The SMILES string of the molecule is COc1ccc(-c2cc(C(=O)O)c(=O)n(CC3CC3)n2)cc1. The van der Waals surface area contributed by atoms with Crippen molar-refractivity contribution in [3.05, 3.63) is 46.2 Å². The first-order valence-electron chi connectivity index (χ1n) is 7.08. The molecule has 1 aromatic heterocycles. The van der Waals surface area contributed by atoms with Crippen molar-refractivity contribution in [1.29, 1.82) is 0 Å². The molecule has 22 heavy (non-hydrogen) atoms. The van der Waals surface area contributed by atoms with E-state index < -0.39 is 11.5 Å². The average molecular weight is 300 g/mol. The van der Waals surface area contributed by atoms with Crippen molar-refractivity contribution in [2.24, 2.45) is 5.92 Å². The second-order valence-electron chi connectivity index (χ2n) is 5.41. The van der Waals surface area contributed by atoms with Gasteiger partial charge in [0.15, 0.2) is 0 Å². The summed E-state index contributed by atoms with van der Waals surface area (Å²) in [5.74, 6) is -0.0989. The molecular weight excluding hydrogens is 284 g/mol. The number of hydrogen-bond acceptors (Lipinski definition) is 4. The minimum Gasteiger partial charge on any atom is -0.497 e. The fourth-order valence-electron chi connectivity index (χ4n) is 2.27. The van der Waals surface area contributed by atoms with Gasteiger partial charge in [-0.3, -0.25) is 4.79 Å². The van der Waals surface area contributed by atoms with E-state index in [4.69, 9.17) is 4.74 Å². The second kappa shape index (κ2) is 5.63. The van der Waals surface area contributed by atoms with Crippen LogP contribution in [0.4, 0.5) is 0 Å². The molecule has 1 aliphatic carbocycles. The molecular formula is C16H16N2O4. The van der Waals surface area contributed by atoms with Gasteiger partial charge in [-0.25, -0.2) is 9.48 Å². The number of aromatic carboxylic acids is 1. The fraction of sp³-hybridized carbons (Fsp3) is 0.312. The van der Waals surface area contributed by atoms with Gasteiger partial charge in [-0.2, -0.15) is 5.10 Å². The number of aromatic nitrogens is 2. The third-order valence-electron chi connectivity index (χ3n) is 3.72. The third-order valence-corrected chi connectivity index (χ3v) is 3.72. The molecule has 1 aromatic carbocycles. The Labute approximate surface area is 127 Å².